The van der Waals surface area contributed by atoms with Crippen LogP contribution in [0.4, 0.5) is 0 Å². The van der Waals surface area contributed by atoms with E-state index in [2.05, 4.69) is 15.6 Å². The van der Waals surface area contributed by atoms with E-state index in [1.165, 1.54) is 6.92 Å². The molecule has 2 aromatic rings. The van der Waals surface area contributed by atoms with E-state index in [4.69, 9.17) is 4.74 Å². The van der Waals surface area contributed by atoms with Crippen molar-refractivity contribution in [2.75, 3.05) is 20.2 Å². The molecule has 0 aliphatic carbocycles. The first-order valence-corrected chi connectivity index (χ1v) is 6.54. The standard InChI is InChI=1S/C11H16N4O2S/c1-8(16)13-4-3-12-7-9-10(17-2)14-11-15(9)5-6-18-11/h5-6,12H,3-4,7H2,1-2H3,(H,13,16). The number of ether oxygens (including phenoxy) is 1. The van der Waals surface area contributed by atoms with Crippen LogP contribution in [0, 0.1) is 0 Å². The molecule has 0 atom stereocenters. The van der Waals surface area contributed by atoms with Crippen molar-refractivity contribution in [2.24, 2.45) is 0 Å². The van der Waals surface area contributed by atoms with Crippen molar-refractivity contribution >= 4 is 22.2 Å². The predicted octanol–water partition coefficient (Wildman–Crippen LogP) is 0.630. The number of hydrogen-bond acceptors (Lipinski definition) is 5. The van der Waals surface area contributed by atoms with Crippen LogP contribution in [0.15, 0.2) is 11.6 Å². The first kappa shape index (κ1) is 12.8. The van der Waals surface area contributed by atoms with Gasteiger partial charge in [0, 0.05) is 38.1 Å². The first-order valence-electron chi connectivity index (χ1n) is 5.66. The van der Waals surface area contributed by atoms with E-state index in [-0.39, 0.29) is 5.91 Å². The quantitative estimate of drug-likeness (QED) is 0.754. The van der Waals surface area contributed by atoms with E-state index in [0.29, 0.717) is 25.5 Å². The third-order valence-corrected chi connectivity index (χ3v) is 3.24. The maximum Gasteiger partial charge on any atom is 0.237 e. The average molecular weight is 268 g/mol. The molecule has 0 fully saturated rings. The summed E-state index contributed by atoms with van der Waals surface area (Å²) in [7, 11) is 1.62. The minimum Gasteiger partial charge on any atom is -0.480 e. The van der Waals surface area contributed by atoms with Crippen LogP contribution in [0.5, 0.6) is 5.88 Å². The fourth-order valence-corrected chi connectivity index (χ4v) is 2.40. The number of aromatic nitrogens is 2. The van der Waals surface area contributed by atoms with E-state index < -0.39 is 0 Å². The lowest BCUT2D eigenvalue weighted by Gasteiger charge is -2.06. The van der Waals surface area contributed by atoms with Crippen LogP contribution in [-0.4, -0.2) is 35.5 Å². The van der Waals surface area contributed by atoms with Crippen LogP contribution in [0.25, 0.3) is 4.96 Å². The molecule has 0 aliphatic rings. The third-order valence-electron chi connectivity index (χ3n) is 2.49. The molecule has 0 saturated heterocycles. The van der Waals surface area contributed by atoms with Crippen LogP contribution in [0.2, 0.25) is 0 Å². The van der Waals surface area contributed by atoms with Crippen molar-refractivity contribution in [1.82, 2.24) is 20.0 Å². The predicted molar refractivity (Wildman–Crippen MR) is 70.0 cm³/mol. The summed E-state index contributed by atoms with van der Waals surface area (Å²) in [5, 5.41) is 7.97. The van der Waals surface area contributed by atoms with Gasteiger partial charge in [-0.05, 0) is 0 Å². The van der Waals surface area contributed by atoms with Gasteiger partial charge in [-0.2, -0.15) is 4.98 Å². The summed E-state index contributed by atoms with van der Waals surface area (Å²) in [6.07, 6.45) is 1.97. The highest BCUT2D eigenvalue weighted by Gasteiger charge is 2.12. The summed E-state index contributed by atoms with van der Waals surface area (Å²) in [5.41, 5.74) is 0.997. The third kappa shape index (κ3) is 2.80. The van der Waals surface area contributed by atoms with Crippen molar-refractivity contribution in [2.45, 2.75) is 13.5 Å². The highest BCUT2D eigenvalue weighted by Crippen LogP contribution is 2.22. The van der Waals surface area contributed by atoms with Gasteiger partial charge in [0.25, 0.3) is 0 Å². The molecule has 0 spiro atoms. The lowest BCUT2D eigenvalue weighted by Crippen LogP contribution is -2.30. The second-order valence-electron chi connectivity index (χ2n) is 3.78. The van der Waals surface area contributed by atoms with Gasteiger partial charge >= 0.3 is 0 Å². The minimum absolute atomic E-state index is 0.0149. The zero-order chi connectivity index (χ0) is 13.0. The number of nitrogens with zero attached hydrogens (tertiary/aromatic N) is 2. The van der Waals surface area contributed by atoms with Crippen LogP contribution < -0.4 is 15.4 Å². The number of fused-ring (bicyclic) bond motifs is 1. The van der Waals surface area contributed by atoms with Gasteiger partial charge in [-0.3, -0.25) is 9.20 Å². The number of thiazole rings is 1. The number of carbonyl (C=O) groups is 1. The molecule has 7 heteroatoms. The smallest absolute Gasteiger partial charge is 0.237 e. The minimum atomic E-state index is -0.0149. The fourth-order valence-electron chi connectivity index (χ4n) is 1.67. The molecule has 0 bridgehead atoms. The summed E-state index contributed by atoms with van der Waals surface area (Å²) in [5.74, 6) is 0.632. The second kappa shape index (κ2) is 5.83. The van der Waals surface area contributed by atoms with Crippen LogP contribution in [-0.2, 0) is 11.3 Å². The summed E-state index contributed by atoms with van der Waals surface area (Å²) in [4.78, 5) is 16.0. The molecule has 0 aliphatic heterocycles. The molecule has 0 radical (unpaired) electrons. The molecule has 6 nitrogen and oxygen atoms in total. The Hall–Kier alpha value is -1.60. The molecule has 1 amide bonds. The van der Waals surface area contributed by atoms with E-state index in [9.17, 15) is 4.79 Å². The molecule has 2 heterocycles. The zero-order valence-corrected chi connectivity index (χ0v) is 11.2. The molecule has 0 aromatic carbocycles. The van der Waals surface area contributed by atoms with E-state index >= 15 is 0 Å². The maximum atomic E-state index is 10.7. The number of rotatable bonds is 6. The van der Waals surface area contributed by atoms with Crippen molar-refractivity contribution in [3.63, 3.8) is 0 Å². The van der Waals surface area contributed by atoms with E-state index in [0.717, 1.165) is 10.7 Å². The lowest BCUT2D eigenvalue weighted by molar-refractivity contribution is -0.118. The average Bonchev–Trinajstić information content (AvgIpc) is 2.89. The Morgan fingerprint density at radius 1 is 1.56 bits per heavy atom. The molecular formula is C11H16N4O2S. The monoisotopic (exact) mass is 268 g/mol. The summed E-state index contributed by atoms with van der Waals surface area (Å²) in [6.45, 7) is 3.49. The lowest BCUT2D eigenvalue weighted by atomic mass is 10.4. The van der Waals surface area contributed by atoms with Gasteiger partial charge in [0.05, 0.1) is 7.11 Å². The Kier molecular flexibility index (Phi) is 4.16. The Labute approximate surface area is 109 Å². The van der Waals surface area contributed by atoms with Crippen molar-refractivity contribution in [3.05, 3.63) is 17.3 Å². The Bertz CT molecular complexity index is 534. The van der Waals surface area contributed by atoms with Crippen molar-refractivity contribution < 1.29 is 9.53 Å². The topological polar surface area (TPSA) is 67.7 Å². The van der Waals surface area contributed by atoms with Crippen LogP contribution in [0.3, 0.4) is 0 Å². The van der Waals surface area contributed by atoms with E-state index in [1.807, 2.05) is 16.0 Å². The van der Waals surface area contributed by atoms with Gasteiger partial charge in [-0.15, -0.1) is 11.3 Å². The Morgan fingerprint density at radius 2 is 2.39 bits per heavy atom. The van der Waals surface area contributed by atoms with Crippen molar-refractivity contribution in [3.8, 4) is 5.88 Å². The van der Waals surface area contributed by atoms with E-state index in [1.54, 1.807) is 18.4 Å². The number of amides is 1. The zero-order valence-electron chi connectivity index (χ0n) is 10.4. The number of imidazole rings is 1. The number of nitrogens with one attached hydrogen (secondary N) is 2. The molecule has 2 rings (SSSR count). The number of carbonyl (C=O) groups excluding carboxylic acids is 1. The maximum absolute atomic E-state index is 10.7. The van der Waals surface area contributed by atoms with Gasteiger partial charge in [0.1, 0.15) is 5.69 Å². The highest BCUT2D eigenvalue weighted by atomic mass is 32.1. The molecule has 18 heavy (non-hydrogen) atoms. The fraction of sp³-hybridized carbons (Fsp3) is 0.455. The molecule has 2 N–H and O–H groups in total. The summed E-state index contributed by atoms with van der Waals surface area (Å²) < 4.78 is 7.26. The number of methoxy groups -OCH3 is 1. The molecule has 0 saturated carbocycles. The summed E-state index contributed by atoms with van der Waals surface area (Å²) in [6, 6.07) is 0. The van der Waals surface area contributed by atoms with Crippen LogP contribution in [0.1, 0.15) is 12.6 Å². The molecule has 2 aromatic heterocycles. The van der Waals surface area contributed by atoms with Gasteiger partial charge in [0.2, 0.25) is 11.8 Å². The molecule has 98 valence electrons. The highest BCUT2D eigenvalue weighted by molar-refractivity contribution is 7.15. The number of hydrogen-bond donors (Lipinski definition) is 2. The first-order chi connectivity index (χ1) is 8.72. The van der Waals surface area contributed by atoms with Gasteiger partial charge in [0.15, 0.2) is 4.96 Å². The van der Waals surface area contributed by atoms with Crippen molar-refractivity contribution in [1.29, 1.82) is 0 Å². The van der Waals surface area contributed by atoms with Gasteiger partial charge in [-0.1, -0.05) is 0 Å². The van der Waals surface area contributed by atoms with Gasteiger partial charge < -0.3 is 15.4 Å². The molecule has 0 unspecified atom stereocenters. The Morgan fingerprint density at radius 3 is 3.11 bits per heavy atom. The Balaban J connectivity index is 1.93. The summed E-state index contributed by atoms with van der Waals surface area (Å²) >= 11 is 1.57. The van der Waals surface area contributed by atoms with Gasteiger partial charge in [-0.25, -0.2) is 0 Å². The molecular weight excluding hydrogens is 252 g/mol. The SMILES string of the molecule is COc1nc2sccn2c1CNCCNC(C)=O. The normalized spacial score (nSPS) is 10.8. The van der Waals surface area contributed by atoms with Crippen LogP contribution >= 0.6 is 11.3 Å². The largest absolute Gasteiger partial charge is 0.480 e. The second-order valence-corrected chi connectivity index (χ2v) is 4.66.